The Morgan fingerprint density at radius 3 is 2.45 bits per heavy atom. The van der Waals surface area contributed by atoms with Crippen molar-refractivity contribution in [2.24, 2.45) is 0 Å². The Labute approximate surface area is 187 Å². The van der Waals surface area contributed by atoms with Gasteiger partial charge >= 0.3 is 12.2 Å². The molecule has 0 spiro atoms. The first kappa shape index (κ1) is 23.1. The zero-order chi connectivity index (χ0) is 22.6. The molecule has 1 saturated carbocycles. The fourth-order valence-electron chi connectivity index (χ4n) is 3.44. The van der Waals surface area contributed by atoms with Gasteiger partial charge in [0.1, 0.15) is 5.82 Å². The normalized spacial score (nSPS) is 18.9. The van der Waals surface area contributed by atoms with E-state index in [-0.39, 0.29) is 22.2 Å². The number of hydrogen-bond acceptors (Lipinski definition) is 5. The summed E-state index contributed by atoms with van der Waals surface area (Å²) in [6.07, 6.45) is 0.0939. The predicted molar refractivity (Wildman–Crippen MR) is 117 cm³/mol. The van der Waals surface area contributed by atoms with Crippen molar-refractivity contribution in [3.05, 3.63) is 40.5 Å². The summed E-state index contributed by atoms with van der Waals surface area (Å²) in [4.78, 5) is 22.9. The Morgan fingerprint density at radius 1 is 1.13 bits per heavy atom. The van der Waals surface area contributed by atoms with Gasteiger partial charge < -0.3 is 20.9 Å². The minimum absolute atomic E-state index is 0.114. The second-order valence-corrected chi connectivity index (χ2v) is 8.53. The summed E-state index contributed by atoms with van der Waals surface area (Å²) >= 11 is 3.03. The van der Waals surface area contributed by atoms with Crippen LogP contribution in [0.15, 0.2) is 34.9 Å². The third kappa shape index (κ3) is 6.46. The number of nitrogens with one attached hydrogen (secondary N) is 3. The van der Waals surface area contributed by atoms with Gasteiger partial charge in [0.2, 0.25) is 5.95 Å². The fraction of sp³-hybridized carbons (Fsp3) is 0.450. The van der Waals surface area contributed by atoms with Gasteiger partial charge in [0.15, 0.2) is 0 Å². The zero-order valence-electron chi connectivity index (χ0n) is 17.1. The van der Waals surface area contributed by atoms with Crippen molar-refractivity contribution in [2.75, 3.05) is 29.6 Å². The Hall–Kier alpha value is -2.56. The highest BCUT2D eigenvalue weighted by atomic mass is 79.9. The van der Waals surface area contributed by atoms with Crippen molar-refractivity contribution in [3.8, 4) is 0 Å². The molecule has 11 heteroatoms. The van der Waals surface area contributed by atoms with Crippen LogP contribution < -0.4 is 20.9 Å². The van der Waals surface area contributed by atoms with Gasteiger partial charge in [0.05, 0.1) is 11.3 Å². The van der Waals surface area contributed by atoms with Crippen LogP contribution in [0.2, 0.25) is 0 Å². The molecule has 3 N–H and O–H groups in total. The Bertz CT molecular complexity index is 916. The summed E-state index contributed by atoms with van der Waals surface area (Å²) in [7, 11) is 3.81. The summed E-state index contributed by atoms with van der Waals surface area (Å²) in [6, 6.07) is 4.86. The lowest BCUT2D eigenvalue weighted by atomic mass is 9.91. The van der Waals surface area contributed by atoms with Crippen molar-refractivity contribution in [1.29, 1.82) is 0 Å². The lowest BCUT2D eigenvalue weighted by Gasteiger charge is -2.30. The largest absolute Gasteiger partial charge is 0.418 e. The van der Waals surface area contributed by atoms with Gasteiger partial charge in [-0.05, 0) is 49.9 Å². The third-order valence-corrected chi connectivity index (χ3v) is 5.52. The van der Waals surface area contributed by atoms with Crippen LogP contribution in [0.25, 0.3) is 0 Å². The highest BCUT2D eigenvalue weighted by Crippen LogP contribution is 2.36. The van der Waals surface area contributed by atoms with Gasteiger partial charge in [-0.3, -0.25) is 0 Å². The van der Waals surface area contributed by atoms with E-state index in [0.717, 1.165) is 24.7 Å². The smallest absolute Gasteiger partial charge is 0.363 e. The molecule has 1 aromatic carbocycles. The van der Waals surface area contributed by atoms with E-state index >= 15 is 0 Å². The summed E-state index contributed by atoms with van der Waals surface area (Å²) in [6.45, 7) is 0. The number of carbonyl (C=O) groups excluding carboxylic acids is 1. The van der Waals surface area contributed by atoms with Crippen LogP contribution in [0.1, 0.15) is 31.2 Å². The SMILES string of the molecule is CN(C)c1ccnc(N[C@H]2CC[C@@H](NC(=O)Nc3ccc(Br)cc3C(F)(F)F)CC2)n1. The van der Waals surface area contributed by atoms with Gasteiger partial charge in [-0.25, -0.2) is 9.78 Å². The predicted octanol–water partition coefficient (Wildman–Crippen LogP) is 4.87. The van der Waals surface area contributed by atoms with E-state index < -0.39 is 17.8 Å². The maximum Gasteiger partial charge on any atom is 0.418 e. The molecule has 1 aliphatic rings. The number of rotatable bonds is 5. The molecule has 31 heavy (non-hydrogen) atoms. The van der Waals surface area contributed by atoms with E-state index in [1.165, 1.54) is 12.1 Å². The summed E-state index contributed by atoms with van der Waals surface area (Å²) < 4.78 is 39.9. The van der Waals surface area contributed by atoms with E-state index in [0.29, 0.717) is 18.8 Å². The minimum Gasteiger partial charge on any atom is -0.363 e. The van der Waals surface area contributed by atoms with Crippen molar-refractivity contribution in [1.82, 2.24) is 15.3 Å². The number of halogens is 4. The highest BCUT2D eigenvalue weighted by Gasteiger charge is 2.34. The maximum absolute atomic E-state index is 13.2. The molecule has 3 rings (SSSR count). The number of hydrogen-bond donors (Lipinski definition) is 3. The molecule has 0 bridgehead atoms. The molecule has 0 unspecified atom stereocenters. The fourth-order valence-corrected chi connectivity index (χ4v) is 3.80. The first-order valence-electron chi connectivity index (χ1n) is 9.83. The van der Waals surface area contributed by atoms with Gasteiger partial charge in [-0.1, -0.05) is 15.9 Å². The van der Waals surface area contributed by atoms with E-state index in [2.05, 4.69) is 41.8 Å². The first-order valence-corrected chi connectivity index (χ1v) is 10.6. The molecular weight excluding hydrogens is 477 g/mol. The number of urea groups is 1. The second kappa shape index (κ2) is 9.71. The molecule has 2 amide bonds. The molecule has 1 aliphatic carbocycles. The molecule has 1 aromatic heterocycles. The molecule has 1 fully saturated rings. The molecule has 0 saturated heterocycles. The number of aromatic nitrogens is 2. The topological polar surface area (TPSA) is 82.2 Å². The van der Waals surface area contributed by atoms with Crippen molar-refractivity contribution in [3.63, 3.8) is 0 Å². The number of alkyl halides is 3. The van der Waals surface area contributed by atoms with Gasteiger partial charge in [0, 0.05) is 36.8 Å². The van der Waals surface area contributed by atoms with E-state index in [4.69, 9.17) is 0 Å². The second-order valence-electron chi connectivity index (χ2n) is 7.61. The van der Waals surface area contributed by atoms with Crippen LogP contribution in [0, 0.1) is 0 Å². The molecule has 168 valence electrons. The van der Waals surface area contributed by atoms with Gasteiger partial charge in [0.25, 0.3) is 0 Å². The number of carbonyl (C=O) groups is 1. The van der Waals surface area contributed by atoms with Crippen LogP contribution in [-0.4, -0.2) is 42.2 Å². The van der Waals surface area contributed by atoms with Crippen molar-refractivity contribution < 1.29 is 18.0 Å². The zero-order valence-corrected chi connectivity index (χ0v) is 18.7. The third-order valence-electron chi connectivity index (χ3n) is 5.03. The Morgan fingerprint density at radius 2 is 1.81 bits per heavy atom. The van der Waals surface area contributed by atoms with Gasteiger partial charge in [-0.15, -0.1) is 0 Å². The molecule has 0 aliphatic heterocycles. The van der Waals surface area contributed by atoms with Crippen LogP contribution in [-0.2, 0) is 6.18 Å². The van der Waals surface area contributed by atoms with E-state index in [1.807, 2.05) is 25.1 Å². The first-order chi connectivity index (χ1) is 14.6. The molecule has 1 heterocycles. The number of anilines is 3. The van der Waals surface area contributed by atoms with Crippen LogP contribution in [0.4, 0.5) is 35.4 Å². The minimum atomic E-state index is -4.57. The molecule has 2 aromatic rings. The molecule has 0 atom stereocenters. The number of benzene rings is 1. The monoisotopic (exact) mass is 500 g/mol. The Balaban J connectivity index is 1.51. The van der Waals surface area contributed by atoms with E-state index in [1.54, 1.807) is 6.20 Å². The quantitative estimate of drug-likeness (QED) is 0.545. The summed E-state index contributed by atoms with van der Waals surface area (Å²) in [5, 5.41) is 8.42. The number of nitrogens with zero attached hydrogens (tertiary/aromatic N) is 3. The van der Waals surface area contributed by atoms with Crippen LogP contribution >= 0.6 is 15.9 Å². The summed E-state index contributed by atoms with van der Waals surface area (Å²) in [5.41, 5.74) is -1.17. The van der Waals surface area contributed by atoms with Crippen LogP contribution in [0.5, 0.6) is 0 Å². The average molecular weight is 501 g/mol. The lowest BCUT2D eigenvalue weighted by Crippen LogP contribution is -2.42. The highest BCUT2D eigenvalue weighted by molar-refractivity contribution is 9.10. The van der Waals surface area contributed by atoms with Crippen molar-refractivity contribution >= 4 is 39.4 Å². The summed E-state index contributed by atoms with van der Waals surface area (Å²) in [5.74, 6) is 1.35. The van der Waals surface area contributed by atoms with Gasteiger partial charge in [-0.2, -0.15) is 18.2 Å². The average Bonchev–Trinajstić information content (AvgIpc) is 2.70. The maximum atomic E-state index is 13.2. The molecule has 7 nitrogen and oxygen atoms in total. The molecular formula is C20H24BrF3N6O. The Kier molecular flexibility index (Phi) is 7.24. The lowest BCUT2D eigenvalue weighted by molar-refractivity contribution is -0.136. The van der Waals surface area contributed by atoms with Crippen molar-refractivity contribution in [2.45, 2.75) is 43.9 Å². The molecule has 0 radical (unpaired) electrons. The van der Waals surface area contributed by atoms with Crippen LogP contribution in [0.3, 0.4) is 0 Å². The standard InChI is InChI=1S/C20H24BrF3N6O/c1-30(2)17-9-10-25-18(29-17)26-13-4-6-14(7-5-13)27-19(31)28-16-8-3-12(21)11-15(16)20(22,23)24/h3,8-11,13-14H,4-7H2,1-2H3,(H,25,26,29)(H2,27,28,31)/t13-,14+. The van der Waals surface area contributed by atoms with E-state index in [9.17, 15) is 18.0 Å². The number of amides is 2.